The second-order valence-corrected chi connectivity index (χ2v) is 6.71. The van der Waals surface area contributed by atoms with Crippen LogP contribution in [0.5, 0.6) is 5.75 Å². The summed E-state index contributed by atoms with van der Waals surface area (Å²) in [6.07, 6.45) is 0.578. The van der Waals surface area contributed by atoms with Crippen LogP contribution in [0.15, 0.2) is 102 Å². The number of aromatic hydroxyl groups is 1. The molecule has 0 fully saturated rings. The Bertz CT molecular complexity index is 1170. The van der Waals surface area contributed by atoms with Crippen molar-refractivity contribution in [2.45, 2.75) is 6.42 Å². The number of nitrogens with zero attached hydrogens (tertiary/aromatic N) is 1. The van der Waals surface area contributed by atoms with Crippen LogP contribution in [0, 0.1) is 0 Å². The molecular formula is C25H20N2O2. The van der Waals surface area contributed by atoms with E-state index in [0.29, 0.717) is 11.8 Å². The maximum absolute atomic E-state index is 12.7. The van der Waals surface area contributed by atoms with Crippen LogP contribution in [0.1, 0.15) is 21.5 Å². The molecule has 0 spiro atoms. The van der Waals surface area contributed by atoms with Crippen LogP contribution in [0.4, 0.5) is 0 Å². The molecule has 0 saturated heterocycles. The first-order chi connectivity index (χ1) is 14.2. The van der Waals surface area contributed by atoms with Crippen LogP contribution < -0.4 is 5.43 Å². The first-order valence-corrected chi connectivity index (χ1v) is 9.39. The number of phenols is 1. The summed E-state index contributed by atoms with van der Waals surface area (Å²) >= 11 is 0. The largest absolute Gasteiger partial charge is 0.506 e. The molecule has 4 nitrogen and oxygen atoms in total. The first kappa shape index (κ1) is 18.4. The van der Waals surface area contributed by atoms with E-state index >= 15 is 0 Å². The molecule has 0 aliphatic heterocycles. The minimum absolute atomic E-state index is 0.0416. The lowest BCUT2D eigenvalue weighted by Gasteiger charge is -2.10. The van der Waals surface area contributed by atoms with Gasteiger partial charge in [0.15, 0.2) is 0 Å². The smallest absolute Gasteiger partial charge is 0.275 e. The molecule has 0 unspecified atom stereocenters. The topological polar surface area (TPSA) is 61.7 Å². The van der Waals surface area contributed by atoms with E-state index in [9.17, 15) is 9.90 Å². The van der Waals surface area contributed by atoms with Crippen molar-refractivity contribution in [3.63, 3.8) is 0 Å². The second-order valence-electron chi connectivity index (χ2n) is 6.71. The number of benzene rings is 4. The Morgan fingerprint density at radius 3 is 2.21 bits per heavy atom. The van der Waals surface area contributed by atoms with Gasteiger partial charge < -0.3 is 5.11 Å². The average Bonchev–Trinajstić information content (AvgIpc) is 2.78. The van der Waals surface area contributed by atoms with Crippen molar-refractivity contribution in [1.82, 2.24) is 5.43 Å². The number of fused-ring (bicyclic) bond motifs is 1. The number of phenolic OH excluding ortho intramolecular Hbond substituents is 1. The highest BCUT2D eigenvalue weighted by Crippen LogP contribution is 2.28. The zero-order valence-corrected chi connectivity index (χ0v) is 15.7. The van der Waals surface area contributed by atoms with Gasteiger partial charge in [-0.15, -0.1) is 0 Å². The molecule has 4 aromatic carbocycles. The summed E-state index contributed by atoms with van der Waals surface area (Å²) in [5.41, 5.74) is 5.57. The molecule has 4 aromatic rings. The predicted molar refractivity (Wildman–Crippen MR) is 116 cm³/mol. The summed E-state index contributed by atoms with van der Waals surface area (Å²) in [7, 11) is 0. The van der Waals surface area contributed by atoms with E-state index in [2.05, 4.69) is 10.5 Å². The molecule has 0 saturated carbocycles. The van der Waals surface area contributed by atoms with Crippen molar-refractivity contribution < 1.29 is 9.90 Å². The summed E-state index contributed by atoms with van der Waals surface area (Å²) in [4.78, 5) is 12.7. The van der Waals surface area contributed by atoms with E-state index in [4.69, 9.17) is 0 Å². The summed E-state index contributed by atoms with van der Waals surface area (Å²) < 4.78 is 0. The fraction of sp³-hybridized carbons (Fsp3) is 0.0400. The van der Waals surface area contributed by atoms with E-state index in [0.717, 1.165) is 22.2 Å². The molecule has 142 valence electrons. The van der Waals surface area contributed by atoms with Crippen LogP contribution in [0.2, 0.25) is 0 Å². The Morgan fingerprint density at radius 2 is 1.45 bits per heavy atom. The summed E-state index contributed by atoms with van der Waals surface area (Å²) in [5.74, 6) is -0.491. The van der Waals surface area contributed by atoms with Gasteiger partial charge in [0.2, 0.25) is 0 Å². The van der Waals surface area contributed by atoms with E-state index in [1.54, 1.807) is 12.1 Å². The fourth-order valence-electron chi connectivity index (χ4n) is 3.24. The van der Waals surface area contributed by atoms with Gasteiger partial charge >= 0.3 is 0 Å². The third-order valence-electron chi connectivity index (χ3n) is 4.76. The maximum Gasteiger partial charge on any atom is 0.275 e. The number of hydrogen-bond donors (Lipinski definition) is 2. The van der Waals surface area contributed by atoms with Crippen molar-refractivity contribution in [1.29, 1.82) is 0 Å². The maximum atomic E-state index is 12.7. The third-order valence-corrected chi connectivity index (χ3v) is 4.76. The van der Waals surface area contributed by atoms with Gasteiger partial charge in [0.05, 0.1) is 11.3 Å². The normalized spacial score (nSPS) is 11.4. The highest BCUT2D eigenvalue weighted by atomic mass is 16.3. The Hall–Kier alpha value is -3.92. The summed E-state index contributed by atoms with van der Waals surface area (Å²) in [6.45, 7) is 0. The van der Waals surface area contributed by atoms with E-state index in [1.165, 1.54) is 0 Å². The van der Waals surface area contributed by atoms with E-state index < -0.39 is 5.91 Å². The highest BCUT2D eigenvalue weighted by Gasteiger charge is 2.14. The lowest BCUT2D eigenvalue weighted by atomic mass is 10.0. The second kappa shape index (κ2) is 8.40. The Kier molecular flexibility index (Phi) is 5.34. The Morgan fingerprint density at radius 1 is 0.793 bits per heavy atom. The zero-order valence-electron chi connectivity index (χ0n) is 15.7. The van der Waals surface area contributed by atoms with Crippen molar-refractivity contribution >= 4 is 22.4 Å². The third kappa shape index (κ3) is 4.17. The number of carbonyl (C=O) groups is 1. The average molecular weight is 380 g/mol. The Balaban J connectivity index is 1.63. The molecule has 0 aromatic heterocycles. The van der Waals surface area contributed by atoms with Gasteiger partial charge in [0.25, 0.3) is 5.91 Å². The van der Waals surface area contributed by atoms with Crippen molar-refractivity contribution in [3.8, 4) is 5.75 Å². The molecule has 1 amide bonds. The van der Waals surface area contributed by atoms with Gasteiger partial charge in [-0.05, 0) is 22.6 Å². The fourth-order valence-corrected chi connectivity index (χ4v) is 3.24. The lowest BCUT2D eigenvalue weighted by Crippen LogP contribution is -2.21. The Labute approximate surface area is 169 Å². The summed E-state index contributed by atoms with van der Waals surface area (Å²) in [6, 6.07) is 30.5. The number of carbonyl (C=O) groups excluding carboxylic acids is 1. The van der Waals surface area contributed by atoms with Crippen LogP contribution in [-0.2, 0) is 6.42 Å². The van der Waals surface area contributed by atoms with Crippen LogP contribution in [0.25, 0.3) is 10.8 Å². The SMILES string of the molecule is O=C(N/N=C(\Cc1ccccc1)c1ccccc1)c1ccc2ccccc2c1O. The quantitative estimate of drug-likeness (QED) is 0.381. The molecule has 4 rings (SSSR count). The standard InChI is InChI=1S/C25H20N2O2/c28-24-21-14-8-7-11-19(21)15-16-22(24)25(29)27-26-23(20-12-5-2-6-13-20)17-18-9-3-1-4-10-18/h1-16,28H,17H2,(H,27,29)/b26-23+. The van der Waals surface area contributed by atoms with Gasteiger partial charge in [0.1, 0.15) is 5.75 Å². The number of nitrogens with one attached hydrogen (secondary N) is 1. The molecule has 0 radical (unpaired) electrons. The number of hydrogen-bond acceptors (Lipinski definition) is 3. The molecule has 0 aliphatic carbocycles. The van der Waals surface area contributed by atoms with Gasteiger partial charge in [-0.2, -0.15) is 5.10 Å². The zero-order chi connectivity index (χ0) is 20.1. The molecule has 4 heteroatoms. The molecule has 0 heterocycles. The molecule has 0 bridgehead atoms. The van der Waals surface area contributed by atoms with Crippen LogP contribution >= 0.6 is 0 Å². The van der Waals surface area contributed by atoms with Gasteiger partial charge in [-0.3, -0.25) is 4.79 Å². The van der Waals surface area contributed by atoms with Crippen LogP contribution in [-0.4, -0.2) is 16.7 Å². The van der Waals surface area contributed by atoms with E-state index in [-0.39, 0.29) is 11.3 Å². The lowest BCUT2D eigenvalue weighted by molar-refractivity contribution is 0.0952. The highest BCUT2D eigenvalue weighted by molar-refractivity contribution is 6.06. The molecule has 29 heavy (non-hydrogen) atoms. The molecule has 0 atom stereocenters. The van der Waals surface area contributed by atoms with Gasteiger partial charge in [-0.1, -0.05) is 91.0 Å². The van der Waals surface area contributed by atoms with E-state index in [1.807, 2.05) is 84.9 Å². The van der Waals surface area contributed by atoms with Crippen molar-refractivity contribution in [2.24, 2.45) is 5.10 Å². The number of rotatable bonds is 5. The number of amides is 1. The first-order valence-electron chi connectivity index (χ1n) is 9.39. The molecule has 2 N–H and O–H groups in total. The minimum Gasteiger partial charge on any atom is -0.506 e. The van der Waals surface area contributed by atoms with Gasteiger partial charge in [-0.25, -0.2) is 5.43 Å². The minimum atomic E-state index is -0.449. The molecule has 0 aliphatic rings. The summed E-state index contributed by atoms with van der Waals surface area (Å²) in [5, 5.41) is 16.4. The van der Waals surface area contributed by atoms with Gasteiger partial charge in [0, 0.05) is 11.8 Å². The van der Waals surface area contributed by atoms with Crippen molar-refractivity contribution in [3.05, 3.63) is 114 Å². The predicted octanol–water partition coefficient (Wildman–Crippen LogP) is 4.92. The van der Waals surface area contributed by atoms with Crippen LogP contribution in [0.3, 0.4) is 0 Å². The van der Waals surface area contributed by atoms with Crippen molar-refractivity contribution in [2.75, 3.05) is 0 Å². The molecular weight excluding hydrogens is 360 g/mol. The monoisotopic (exact) mass is 380 g/mol. The number of hydrazone groups is 1.